The van der Waals surface area contributed by atoms with Crippen molar-refractivity contribution in [2.24, 2.45) is 4.99 Å². The third-order valence-corrected chi connectivity index (χ3v) is 4.75. The van der Waals surface area contributed by atoms with E-state index in [4.69, 9.17) is 25.2 Å². The lowest BCUT2D eigenvalue weighted by Gasteiger charge is -2.08. The average Bonchev–Trinajstić information content (AvgIpc) is 2.63. The molecule has 5 nitrogen and oxygen atoms in total. The van der Waals surface area contributed by atoms with Crippen molar-refractivity contribution in [1.29, 1.82) is 0 Å². The summed E-state index contributed by atoms with van der Waals surface area (Å²) in [7, 11) is -6.09. The lowest BCUT2D eigenvalue weighted by atomic mass is 10.0. The van der Waals surface area contributed by atoms with E-state index in [2.05, 4.69) is 46.3 Å². The fraction of sp³-hybridized carbons (Fsp3) is 0.474. The molecule has 0 amide bonds. The third-order valence-electron chi connectivity index (χ3n) is 4.09. The van der Waals surface area contributed by atoms with Crippen LogP contribution in [-0.2, 0) is 16.5 Å². The largest absolute Gasteiger partial charge is 0.741 e. The van der Waals surface area contributed by atoms with Crippen LogP contribution in [0.25, 0.3) is 10.8 Å². The summed E-state index contributed by atoms with van der Waals surface area (Å²) in [5.74, 6) is 0.796. The molecule has 1 heterocycles. The van der Waals surface area contributed by atoms with E-state index in [1.54, 1.807) is 0 Å². The van der Waals surface area contributed by atoms with Crippen LogP contribution >= 0.6 is 12.2 Å². The minimum Gasteiger partial charge on any atom is -0.741 e. The zero-order valence-corrected chi connectivity index (χ0v) is 17.6. The Kier molecular flexibility index (Phi) is 10.4. The minimum absolute atomic E-state index is 0.796. The lowest BCUT2D eigenvalue weighted by molar-refractivity contribution is -0.373. The van der Waals surface area contributed by atoms with Gasteiger partial charge in [-0.1, -0.05) is 63.3 Å². The molecule has 1 aromatic carbocycles. The van der Waals surface area contributed by atoms with Crippen LogP contribution in [0.2, 0.25) is 0 Å². The van der Waals surface area contributed by atoms with Gasteiger partial charge in [-0.15, -0.1) is 0 Å². The Morgan fingerprint density at radius 1 is 1.14 bits per heavy atom. The number of isothiocyanates is 1. The van der Waals surface area contributed by atoms with Gasteiger partial charge in [0.2, 0.25) is 5.16 Å². The standard InChI is InChI=1S/C18H22N2S.CHF3O3S/c1-2-3-4-5-6-7-12-17-16-11-9-8-10-15(16)13-18(20-17)19-14-21;2-1(3,4)8(5,6)7/h8-11,13H,2-7,12H2,1H3;(H,5,6,7). The summed E-state index contributed by atoms with van der Waals surface area (Å²) >= 11 is 4.71. The van der Waals surface area contributed by atoms with Crippen LogP contribution in [-0.4, -0.2) is 23.6 Å². The van der Waals surface area contributed by atoms with E-state index in [9.17, 15) is 13.2 Å². The van der Waals surface area contributed by atoms with Crippen molar-refractivity contribution in [2.45, 2.75) is 57.4 Å². The van der Waals surface area contributed by atoms with Crippen LogP contribution < -0.4 is 4.98 Å². The third kappa shape index (κ3) is 8.99. The molecule has 29 heavy (non-hydrogen) atoms. The Balaban J connectivity index is 0.000000447. The SMILES string of the molecule is CCCCCCCCc1[nH+]c(N=C=S)cc2ccccc12.O=S(=O)([O-])C(F)(F)F. The van der Waals surface area contributed by atoms with Crippen molar-refractivity contribution in [1.82, 2.24) is 0 Å². The number of aromatic amines is 1. The van der Waals surface area contributed by atoms with Crippen molar-refractivity contribution in [2.75, 3.05) is 0 Å². The van der Waals surface area contributed by atoms with Crippen molar-refractivity contribution in [3.63, 3.8) is 0 Å². The van der Waals surface area contributed by atoms with Gasteiger partial charge in [0.05, 0.1) is 0 Å². The Morgan fingerprint density at radius 3 is 2.31 bits per heavy atom. The van der Waals surface area contributed by atoms with Gasteiger partial charge in [-0.25, -0.2) is 13.4 Å². The minimum atomic E-state index is -6.09. The van der Waals surface area contributed by atoms with Gasteiger partial charge < -0.3 is 4.55 Å². The first-order chi connectivity index (χ1) is 13.6. The van der Waals surface area contributed by atoms with Crippen LogP contribution in [0, 0.1) is 0 Å². The van der Waals surface area contributed by atoms with E-state index in [-0.39, 0.29) is 0 Å². The monoisotopic (exact) mass is 448 g/mol. The van der Waals surface area contributed by atoms with Crippen LogP contribution in [0.5, 0.6) is 0 Å². The fourth-order valence-corrected chi connectivity index (χ4v) is 2.79. The number of nitrogens with one attached hydrogen (secondary N) is 1. The highest BCUT2D eigenvalue weighted by Gasteiger charge is 2.36. The van der Waals surface area contributed by atoms with Crippen LogP contribution in [0.1, 0.15) is 51.1 Å². The van der Waals surface area contributed by atoms with Gasteiger partial charge in [-0.05, 0) is 11.8 Å². The molecular weight excluding hydrogens is 425 g/mol. The van der Waals surface area contributed by atoms with E-state index in [0.29, 0.717) is 0 Å². The van der Waals surface area contributed by atoms with Crippen molar-refractivity contribution >= 4 is 44.1 Å². The number of H-pyrrole nitrogens is 1. The van der Waals surface area contributed by atoms with Gasteiger partial charge in [0.15, 0.2) is 10.1 Å². The molecule has 0 spiro atoms. The number of hydrogen-bond donors (Lipinski definition) is 0. The zero-order valence-electron chi connectivity index (χ0n) is 16.0. The number of rotatable bonds is 8. The molecule has 10 heteroatoms. The predicted molar refractivity (Wildman–Crippen MR) is 108 cm³/mol. The second-order valence-corrected chi connectivity index (χ2v) is 7.89. The maximum atomic E-state index is 10.7. The molecule has 0 saturated heterocycles. The number of aromatic nitrogens is 1. The highest BCUT2D eigenvalue weighted by molar-refractivity contribution is 7.86. The van der Waals surface area contributed by atoms with Gasteiger partial charge in [-0.3, -0.25) is 0 Å². The Hall–Kier alpha value is -1.87. The predicted octanol–water partition coefficient (Wildman–Crippen LogP) is 5.34. The number of hydrogen-bond acceptors (Lipinski definition) is 5. The summed E-state index contributed by atoms with van der Waals surface area (Å²) in [6.07, 6.45) is 8.93. The molecule has 2 aromatic rings. The van der Waals surface area contributed by atoms with Gasteiger partial charge in [-0.2, -0.15) is 13.2 Å². The highest BCUT2D eigenvalue weighted by Crippen LogP contribution is 2.21. The van der Waals surface area contributed by atoms with Crippen LogP contribution in [0.15, 0.2) is 35.3 Å². The molecule has 0 aliphatic carbocycles. The number of nitrogens with zero attached hydrogens (tertiary/aromatic N) is 1. The number of thiocarbonyl (C=S) groups is 1. The van der Waals surface area contributed by atoms with Gasteiger partial charge in [0.25, 0.3) is 0 Å². The van der Waals surface area contributed by atoms with Gasteiger partial charge >= 0.3 is 11.3 Å². The molecule has 1 aromatic heterocycles. The van der Waals surface area contributed by atoms with Crippen LogP contribution in [0.3, 0.4) is 0 Å². The summed E-state index contributed by atoms with van der Waals surface area (Å²) in [5.41, 5.74) is -4.39. The fourth-order valence-electron chi connectivity index (χ4n) is 2.69. The van der Waals surface area contributed by atoms with Gasteiger partial charge in [0.1, 0.15) is 5.69 Å². The number of alkyl halides is 3. The molecule has 0 fully saturated rings. The number of aliphatic imine (C=N–C) groups is 1. The number of pyridine rings is 1. The van der Waals surface area contributed by atoms with E-state index in [0.717, 1.165) is 12.2 Å². The van der Waals surface area contributed by atoms with Crippen molar-refractivity contribution in [3.05, 3.63) is 36.0 Å². The maximum Gasteiger partial charge on any atom is 0.485 e. The summed E-state index contributed by atoms with van der Waals surface area (Å²) in [4.78, 5) is 7.49. The quantitative estimate of drug-likeness (QED) is 0.179. The summed E-state index contributed by atoms with van der Waals surface area (Å²) in [6, 6.07) is 10.5. The normalized spacial score (nSPS) is 11.5. The molecule has 1 N–H and O–H groups in total. The molecule has 2 rings (SSSR count). The number of aryl methyl sites for hydroxylation is 1. The highest BCUT2D eigenvalue weighted by atomic mass is 32.2. The molecule has 0 bridgehead atoms. The number of unbranched alkanes of at least 4 members (excludes halogenated alkanes) is 5. The van der Waals surface area contributed by atoms with Crippen molar-refractivity contribution < 1.29 is 31.1 Å². The molecule has 0 atom stereocenters. The first kappa shape index (κ1) is 25.2. The Labute approximate surface area is 173 Å². The van der Waals surface area contributed by atoms with Crippen LogP contribution in [0.4, 0.5) is 19.0 Å². The second-order valence-electron chi connectivity index (χ2n) is 6.34. The topological polar surface area (TPSA) is 83.7 Å². The molecule has 0 aliphatic rings. The van der Waals surface area contributed by atoms with E-state index < -0.39 is 15.6 Å². The zero-order chi connectivity index (χ0) is 21.9. The lowest BCUT2D eigenvalue weighted by Crippen LogP contribution is -2.21. The summed E-state index contributed by atoms with van der Waals surface area (Å²) in [5, 5.41) is 4.94. The maximum absolute atomic E-state index is 10.7. The van der Waals surface area contributed by atoms with Gasteiger partial charge in [0, 0.05) is 35.1 Å². The average molecular weight is 449 g/mol. The van der Waals surface area contributed by atoms with Crippen molar-refractivity contribution in [3.8, 4) is 0 Å². The van der Waals surface area contributed by atoms with E-state index >= 15 is 0 Å². The molecule has 0 saturated carbocycles. The molecular formula is C19H23F3N2O3S2. The molecule has 0 radical (unpaired) electrons. The summed E-state index contributed by atoms with van der Waals surface area (Å²) < 4.78 is 58.9. The molecule has 160 valence electrons. The van der Waals surface area contributed by atoms with E-state index in [1.165, 1.54) is 55.0 Å². The molecule has 0 unspecified atom stereocenters. The number of halogens is 3. The number of benzene rings is 1. The first-order valence-electron chi connectivity index (χ1n) is 9.14. The van der Waals surface area contributed by atoms with E-state index in [1.807, 2.05) is 6.07 Å². The Morgan fingerprint density at radius 2 is 1.72 bits per heavy atom. The smallest absolute Gasteiger partial charge is 0.485 e. The molecule has 0 aliphatic heterocycles. The first-order valence-corrected chi connectivity index (χ1v) is 11.0. The number of fused-ring (bicyclic) bond motifs is 1. The Bertz CT molecular complexity index is 941. The second kappa shape index (κ2) is 12.0. The summed E-state index contributed by atoms with van der Waals surface area (Å²) in [6.45, 7) is 2.25.